The highest BCUT2D eigenvalue weighted by Crippen LogP contribution is 2.15. The van der Waals surface area contributed by atoms with Crippen LogP contribution in [0.4, 0.5) is 0 Å². The minimum atomic E-state index is -0.397. The molecule has 0 amide bonds. The van der Waals surface area contributed by atoms with Crippen LogP contribution in [0.3, 0.4) is 0 Å². The Kier molecular flexibility index (Phi) is 4.23. The Morgan fingerprint density at radius 3 is 1.95 bits per heavy atom. The number of benzene rings is 2. The van der Waals surface area contributed by atoms with Gasteiger partial charge in [0, 0.05) is 0 Å². The number of rotatable bonds is 4. The molecule has 2 aromatic rings. The number of phenolic OH excluding ortho intramolecular Hbond substituents is 1. The van der Waals surface area contributed by atoms with E-state index in [4.69, 9.17) is 0 Å². The van der Waals surface area contributed by atoms with E-state index in [1.165, 1.54) is 16.7 Å². The van der Waals surface area contributed by atoms with Gasteiger partial charge in [-0.15, -0.1) is 0 Å². The molecule has 0 aromatic heterocycles. The van der Waals surface area contributed by atoms with Crippen LogP contribution in [0.1, 0.15) is 22.3 Å². The summed E-state index contributed by atoms with van der Waals surface area (Å²) in [5, 5.41) is 19.4. The fourth-order valence-corrected chi connectivity index (χ4v) is 2.44. The Bertz CT molecular complexity index is 523. The third-order valence-corrected chi connectivity index (χ3v) is 3.16. The van der Waals surface area contributed by atoms with E-state index in [0.717, 1.165) is 5.56 Å². The van der Waals surface area contributed by atoms with Gasteiger partial charge in [0.2, 0.25) is 0 Å². The van der Waals surface area contributed by atoms with E-state index in [0.29, 0.717) is 12.8 Å². The summed E-state index contributed by atoms with van der Waals surface area (Å²) >= 11 is 0. The SMILES string of the molecule is Cc1cc(C)cc(CC(O)Cc2ccc(O)cc2)c1. The summed E-state index contributed by atoms with van der Waals surface area (Å²) in [5.41, 5.74) is 4.66. The Balaban J connectivity index is 2.00. The third-order valence-electron chi connectivity index (χ3n) is 3.16. The molecule has 0 saturated carbocycles. The predicted molar refractivity (Wildman–Crippen MR) is 77.4 cm³/mol. The van der Waals surface area contributed by atoms with Crippen molar-refractivity contribution >= 4 is 0 Å². The molecule has 0 aliphatic rings. The van der Waals surface area contributed by atoms with Crippen molar-refractivity contribution in [2.45, 2.75) is 32.8 Å². The molecule has 0 bridgehead atoms. The Morgan fingerprint density at radius 2 is 1.37 bits per heavy atom. The van der Waals surface area contributed by atoms with Gasteiger partial charge in [0.05, 0.1) is 6.10 Å². The molecule has 0 heterocycles. The Hall–Kier alpha value is -1.80. The van der Waals surface area contributed by atoms with Crippen LogP contribution in [0.15, 0.2) is 42.5 Å². The van der Waals surface area contributed by atoms with Crippen molar-refractivity contribution in [3.63, 3.8) is 0 Å². The summed E-state index contributed by atoms with van der Waals surface area (Å²) in [7, 11) is 0. The molecule has 0 saturated heterocycles. The predicted octanol–water partition coefficient (Wildman–Crippen LogP) is 3.16. The van der Waals surface area contributed by atoms with E-state index < -0.39 is 6.10 Å². The number of aryl methyl sites for hydroxylation is 2. The van der Waals surface area contributed by atoms with Crippen molar-refractivity contribution in [1.82, 2.24) is 0 Å². The monoisotopic (exact) mass is 256 g/mol. The quantitative estimate of drug-likeness (QED) is 0.882. The van der Waals surface area contributed by atoms with E-state index >= 15 is 0 Å². The second-order valence-corrected chi connectivity index (χ2v) is 5.22. The number of aromatic hydroxyl groups is 1. The molecule has 0 radical (unpaired) electrons. The fourth-order valence-electron chi connectivity index (χ4n) is 2.44. The van der Waals surface area contributed by atoms with E-state index in [2.05, 4.69) is 32.0 Å². The molecule has 2 heteroatoms. The van der Waals surface area contributed by atoms with Crippen molar-refractivity contribution in [1.29, 1.82) is 0 Å². The molecule has 1 unspecified atom stereocenters. The lowest BCUT2D eigenvalue weighted by Gasteiger charge is -2.12. The van der Waals surface area contributed by atoms with Gasteiger partial charge in [-0.1, -0.05) is 41.5 Å². The molecule has 100 valence electrons. The fraction of sp³-hybridized carbons (Fsp3) is 0.294. The van der Waals surface area contributed by atoms with E-state index in [1.54, 1.807) is 12.1 Å². The maximum absolute atomic E-state index is 10.1. The molecule has 0 aliphatic heterocycles. The summed E-state index contributed by atoms with van der Waals surface area (Å²) in [6, 6.07) is 13.4. The largest absolute Gasteiger partial charge is 0.508 e. The maximum atomic E-state index is 10.1. The van der Waals surface area contributed by atoms with Gasteiger partial charge in [0.25, 0.3) is 0 Å². The minimum Gasteiger partial charge on any atom is -0.508 e. The standard InChI is InChI=1S/C17H20O2/c1-12-7-13(2)9-15(8-12)11-17(19)10-14-3-5-16(18)6-4-14/h3-9,17-19H,10-11H2,1-2H3. The summed E-state index contributed by atoms with van der Waals surface area (Å²) in [5.74, 6) is 0.257. The number of hydrogen-bond donors (Lipinski definition) is 2. The van der Waals surface area contributed by atoms with Gasteiger partial charge in [-0.3, -0.25) is 0 Å². The zero-order chi connectivity index (χ0) is 13.8. The molecule has 2 aromatic carbocycles. The van der Waals surface area contributed by atoms with Crippen LogP contribution < -0.4 is 0 Å². The van der Waals surface area contributed by atoms with Gasteiger partial charge in [-0.05, 0) is 49.9 Å². The Morgan fingerprint density at radius 1 is 0.842 bits per heavy atom. The summed E-state index contributed by atoms with van der Waals surface area (Å²) in [6.45, 7) is 4.14. The highest BCUT2D eigenvalue weighted by Gasteiger charge is 2.08. The summed E-state index contributed by atoms with van der Waals surface area (Å²) in [6.07, 6.45) is 0.863. The molecular formula is C17H20O2. The Labute approximate surface area is 114 Å². The third kappa shape index (κ3) is 4.11. The van der Waals surface area contributed by atoms with Crippen molar-refractivity contribution < 1.29 is 10.2 Å². The summed E-state index contributed by atoms with van der Waals surface area (Å²) < 4.78 is 0. The molecule has 19 heavy (non-hydrogen) atoms. The molecule has 2 N–H and O–H groups in total. The topological polar surface area (TPSA) is 40.5 Å². The highest BCUT2D eigenvalue weighted by atomic mass is 16.3. The van der Waals surface area contributed by atoms with Gasteiger partial charge < -0.3 is 10.2 Å². The van der Waals surface area contributed by atoms with Gasteiger partial charge in [0.1, 0.15) is 5.75 Å². The van der Waals surface area contributed by atoms with Gasteiger partial charge in [0.15, 0.2) is 0 Å². The number of aliphatic hydroxyl groups is 1. The van der Waals surface area contributed by atoms with Crippen LogP contribution in [0.2, 0.25) is 0 Å². The number of hydrogen-bond acceptors (Lipinski definition) is 2. The first-order valence-corrected chi connectivity index (χ1v) is 6.56. The molecule has 0 spiro atoms. The van der Waals surface area contributed by atoms with Crippen molar-refractivity contribution in [2.75, 3.05) is 0 Å². The van der Waals surface area contributed by atoms with Crippen LogP contribution in [-0.2, 0) is 12.8 Å². The van der Waals surface area contributed by atoms with E-state index in [9.17, 15) is 10.2 Å². The summed E-state index contributed by atoms with van der Waals surface area (Å²) in [4.78, 5) is 0. The van der Waals surface area contributed by atoms with Crippen LogP contribution in [0.25, 0.3) is 0 Å². The highest BCUT2D eigenvalue weighted by molar-refractivity contribution is 5.30. The van der Waals surface area contributed by atoms with Crippen LogP contribution in [-0.4, -0.2) is 16.3 Å². The van der Waals surface area contributed by atoms with Gasteiger partial charge in [-0.25, -0.2) is 0 Å². The minimum absolute atomic E-state index is 0.257. The normalized spacial score (nSPS) is 12.4. The molecule has 0 aliphatic carbocycles. The van der Waals surface area contributed by atoms with Crippen molar-refractivity contribution in [2.24, 2.45) is 0 Å². The zero-order valence-electron chi connectivity index (χ0n) is 11.4. The zero-order valence-corrected chi connectivity index (χ0v) is 11.4. The van der Waals surface area contributed by atoms with E-state index in [-0.39, 0.29) is 5.75 Å². The van der Waals surface area contributed by atoms with Crippen molar-refractivity contribution in [3.8, 4) is 5.75 Å². The molecule has 0 fully saturated rings. The first-order valence-electron chi connectivity index (χ1n) is 6.56. The van der Waals surface area contributed by atoms with Gasteiger partial charge in [-0.2, -0.15) is 0 Å². The van der Waals surface area contributed by atoms with Crippen molar-refractivity contribution in [3.05, 3.63) is 64.7 Å². The lowest BCUT2D eigenvalue weighted by Crippen LogP contribution is -2.14. The van der Waals surface area contributed by atoms with Crippen LogP contribution in [0.5, 0.6) is 5.75 Å². The smallest absolute Gasteiger partial charge is 0.115 e. The molecular weight excluding hydrogens is 236 g/mol. The lowest BCUT2D eigenvalue weighted by atomic mass is 9.98. The van der Waals surface area contributed by atoms with Gasteiger partial charge >= 0.3 is 0 Å². The molecule has 2 nitrogen and oxygen atoms in total. The first-order chi connectivity index (χ1) is 9.02. The first kappa shape index (κ1) is 13.6. The number of phenols is 1. The maximum Gasteiger partial charge on any atom is 0.115 e. The molecule has 2 rings (SSSR count). The van der Waals surface area contributed by atoms with Crippen LogP contribution in [0, 0.1) is 13.8 Å². The second kappa shape index (κ2) is 5.89. The lowest BCUT2D eigenvalue weighted by molar-refractivity contribution is 0.175. The van der Waals surface area contributed by atoms with E-state index in [1.807, 2.05) is 12.1 Å². The van der Waals surface area contributed by atoms with Crippen LogP contribution >= 0.6 is 0 Å². The average molecular weight is 256 g/mol. The average Bonchev–Trinajstić information content (AvgIpc) is 2.30. The number of aliphatic hydroxyl groups excluding tert-OH is 1. The second-order valence-electron chi connectivity index (χ2n) is 5.22. The molecule has 1 atom stereocenters.